The number of rotatable bonds is 7. The molecule has 114 valence electrons. The summed E-state index contributed by atoms with van der Waals surface area (Å²) in [6, 6.07) is 4.12. The van der Waals surface area contributed by atoms with Gasteiger partial charge < -0.3 is 9.84 Å². The third-order valence-electron chi connectivity index (χ3n) is 3.28. The van der Waals surface area contributed by atoms with E-state index in [9.17, 15) is 4.79 Å². The van der Waals surface area contributed by atoms with E-state index < -0.39 is 0 Å². The fraction of sp³-hybridized carbons (Fsp3) is 0.467. The van der Waals surface area contributed by atoms with Gasteiger partial charge in [0.15, 0.2) is 0 Å². The lowest BCUT2D eigenvalue weighted by Gasteiger charge is -2.11. The van der Waals surface area contributed by atoms with Crippen LogP contribution in [0.2, 0.25) is 0 Å². The molecule has 0 saturated carbocycles. The van der Waals surface area contributed by atoms with Crippen molar-refractivity contribution in [1.29, 1.82) is 0 Å². The molecule has 0 spiro atoms. The van der Waals surface area contributed by atoms with E-state index in [1.54, 1.807) is 23.1 Å². The molecule has 21 heavy (non-hydrogen) atoms. The summed E-state index contributed by atoms with van der Waals surface area (Å²) in [5, 5.41) is 8.89. The molecule has 0 aliphatic carbocycles. The Morgan fingerprint density at radius 3 is 2.95 bits per heavy atom. The predicted octanol–water partition coefficient (Wildman–Crippen LogP) is 3.33. The minimum atomic E-state index is -0.0814. The van der Waals surface area contributed by atoms with Crippen LogP contribution < -0.4 is 5.32 Å². The molecule has 2 rings (SSSR count). The monoisotopic (exact) mass is 324 g/mol. The summed E-state index contributed by atoms with van der Waals surface area (Å²) < 4.78 is 5.13. The van der Waals surface area contributed by atoms with E-state index in [0.29, 0.717) is 6.54 Å². The van der Waals surface area contributed by atoms with Crippen molar-refractivity contribution in [2.45, 2.75) is 38.2 Å². The van der Waals surface area contributed by atoms with Crippen molar-refractivity contribution in [2.24, 2.45) is 0 Å². The Kier molecular flexibility index (Phi) is 5.87. The highest BCUT2D eigenvalue weighted by Crippen LogP contribution is 2.22. The number of hydrogen-bond donors (Lipinski definition) is 1. The number of thiophene rings is 1. The number of nitrogens with one attached hydrogen (secondary N) is 1. The van der Waals surface area contributed by atoms with Gasteiger partial charge in [-0.1, -0.05) is 11.2 Å². The van der Waals surface area contributed by atoms with Gasteiger partial charge in [0.05, 0.1) is 10.9 Å². The van der Waals surface area contributed by atoms with Gasteiger partial charge in [-0.15, -0.1) is 23.1 Å². The van der Waals surface area contributed by atoms with Gasteiger partial charge >= 0.3 is 0 Å². The van der Waals surface area contributed by atoms with Crippen molar-refractivity contribution in [2.75, 3.05) is 6.54 Å². The van der Waals surface area contributed by atoms with Crippen LogP contribution in [0.3, 0.4) is 0 Å². The lowest BCUT2D eigenvalue weighted by atomic mass is 10.2. The summed E-state index contributed by atoms with van der Waals surface area (Å²) in [6.07, 6.45) is 0.894. The molecule has 1 N–H and O–H groups in total. The topological polar surface area (TPSA) is 55.1 Å². The van der Waals surface area contributed by atoms with Crippen LogP contribution in [0.25, 0.3) is 0 Å². The van der Waals surface area contributed by atoms with E-state index in [4.69, 9.17) is 4.52 Å². The van der Waals surface area contributed by atoms with Crippen LogP contribution in [0, 0.1) is 13.8 Å². The molecule has 1 unspecified atom stereocenters. The van der Waals surface area contributed by atoms with Gasteiger partial charge in [0, 0.05) is 22.7 Å². The maximum atomic E-state index is 12.0. The quantitative estimate of drug-likeness (QED) is 0.849. The maximum absolute atomic E-state index is 12.0. The zero-order valence-corrected chi connectivity index (χ0v) is 14.1. The van der Waals surface area contributed by atoms with Gasteiger partial charge in [0.2, 0.25) is 5.91 Å². The minimum Gasteiger partial charge on any atom is -0.361 e. The molecular weight excluding hydrogens is 304 g/mol. The summed E-state index contributed by atoms with van der Waals surface area (Å²) in [4.78, 5) is 13.3. The molecule has 0 saturated heterocycles. The van der Waals surface area contributed by atoms with E-state index in [1.165, 1.54) is 4.88 Å². The zero-order valence-electron chi connectivity index (χ0n) is 12.5. The molecule has 2 aromatic rings. The minimum absolute atomic E-state index is 0.0814. The van der Waals surface area contributed by atoms with Gasteiger partial charge in [0.1, 0.15) is 5.76 Å². The second-order valence-electron chi connectivity index (χ2n) is 4.88. The fourth-order valence-corrected chi connectivity index (χ4v) is 3.67. The fourth-order valence-electron chi connectivity index (χ4n) is 1.90. The smallest absolute Gasteiger partial charge is 0.232 e. The van der Waals surface area contributed by atoms with E-state index >= 15 is 0 Å². The number of aryl methyl sites for hydroxylation is 2. The standard InChI is InChI=1S/C15H20N2O2S2/c1-10-14(11(2)19-17-10)9-21-12(3)15(18)16-7-6-13-5-4-8-20-13/h4-5,8,12H,6-7,9H2,1-3H3,(H,16,18). The molecular formula is C15H20N2O2S2. The summed E-state index contributed by atoms with van der Waals surface area (Å²) >= 11 is 3.33. The maximum Gasteiger partial charge on any atom is 0.232 e. The van der Waals surface area contributed by atoms with Crippen LogP contribution >= 0.6 is 23.1 Å². The number of carbonyl (C=O) groups excluding carboxylic acids is 1. The lowest BCUT2D eigenvalue weighted by molar-refractivity contribution is -0.120. The summed E-state index contributed by atoms with van der Waals surface area (Å²) in [5.74, 6) is 1.68. The second-order valence-corrected chi connectivity index (χ2v) is 7.24. The summed E-state index contributed by atoms with van der Waals surface area (Å²) in [5.41, 5.74) is 2.00. The summed E-state index contributed by atoms with van der Waals surface area (Å²) in [6.45, 7) is 6.46. The average molecular weight is 324 g/mol. The van der Waals surface area contributed by atoms with Gasteiger partial charge in [-0.3, -0.25) is 4.79 Å². The van der Waals surface area contributed by atoms with Crippen LogP contribution in [-0.2, 0) is 17.0 Å². The molecule has 6 heteroatoms. The largest absolute Gasteiger partial charge is 0.361 e. The Morgan fingerprint density at radius 1 is 1.52 bits per heavy atom. The van der Waals surface area contributed by atoms with Crippen LogP contribution in [0.15, 0.2) is 22.0 Å². The zero-order chi connectivity index (χ0) is 15.2. The molecule has 0 aliphatic rings. The molecule has 0 aromatic carbocycles. The average Bonchev–Trinajstić information content (AvgIpc) is 3.07. The Bertz CT molecular complexity index is 559. The van der Waals surface area contributed by atoms with Crippen molar-refractivity contribution in [3.63, 3.8) is 0 Å². The van der Waals surface area contributed by atoms with Gasteiger partial charge in [-0.05, 0) is 38.6 Å². The van der Waals surface area contributed by atoms with Crippen LogP contribution in [0.1, 0.15) is 28.8 Å². The first kappa shape index (κ1) is 16.1. The molecule has 0 fully saturated rings. The van der Waals surface area contributed by atoms with E-state index in [2.05, 4.69) is 21.9 Å². The van der Waals surface area contributed by atoms with Crippen molar-refractivity contribution in [3.8, 4) is 0 Å². The highest BCUT2D eigenvalue weighted by Gasteiger charge is 2.16. The molecule has 0 bridgehead atoms. The Morgan fingerprint density at radius 2 is 2.33 bits per heavy atom. The Balaban J connectivity index is 1.72. The van der Waals surface area contributed by atoms with Crippen LogP contribution in [-0.4, -0.2) is 22.9 Å². The Labute approximate surface area is 133 Å². The van der Waals surface area contributed by atoms with E-state index in [0.717, 1.165) is 29.2 Å². The summed E-state index contributed by atoms with van der Waals surface area (Å²) in [7, 11) is 0. The number of thioether (sulfide) groups is 1. The number of aromatic nitrogens is 1. The number of hydrogen-bond acceptors (Lipinski definition) is 5. The molecule has 2 heterocycles. The van der Waals surface area contributed by atoms with Crippen LogP contribution in [0.5, 0.6) is 0 Å². The molecule has 4 nitrogen and oxygen atoms in total. The van der Waals surface area contributed by atoms with Crippen molar-refractivity contribution < 1.29 is 9.32 Å². The third-order valence-corrected chi connectivity index (χ3v) is 5.38. The highest BCUT2D eigenvalue weighted by atomic mass is 32.2. The van der Waals surface area contributed by atoms with Crippen molar-refractivity contribution in [1.82, 2.24) is 10.5 Å². The van der Waals surface area contributed by atoms with E-state index in [1.807, 2.05) is 26.8 Å². The van der Waals surface area contributed by atoms with Gasteiger partial charge in [-0.2, -0.15) is 0 Å². The first-order valence-corrected chi connectivity index (χ1v) is 8.84. The number of carbonyl (C=O) groups is 1. The van der Waals surface area contributed by atoms with Crippen molar-refractivity contribution >= 4 is 29.0 Å². The highest BCUT2D eigenvalue weighted by molar-refractivity contribution is 7.99. The second kappa shape index (κ2) is 7.66. The van der Waals surface area contributed by atoms with Crippen molar-refractivity contribution in [3.05, 3.63) is 39.4 Å². The Hall–Kier alpha value is -1.27. The molecule has 0 aliphatic heterocycles. The number of nitrogens with zero attached hydrogens (tertiary/aromatic N) is 1. The molecule has 0 radical (unpaired) electrons. The van der Waals surface area contributed by atoms with Gasteiger partial charge in [0.25, 0.3) is 0 Å². The molecule has 1 amide bonds. The first-order chi connectivity index (χ1) is 10.1. The molecule has 2 aromatic heterocycles. The molecule has 1 atom stereocenters. The van der Waals surface area contributed by atoms with Gasteiger partial charge in [-0.25, -0.2) is 0 Å². The SMILES string of the molecule is Cc1noc(C)c1CSC(C)C(=O)NCCc1cccs1. The normalized spacial score (nSPS) is 12.3. The first-order valence-electron chi connectivity index (χ1n) is 6.91. The van der Waals surface area contributed by atoms with E-state index in [-0.39, 0.29) is 11.2 Å². The van der Waals surface area contributed by atoms with Crippen LogP contribution in [0.4, 0.5) is 0 Å². The third kappa shape index (κ3) is 4.61. The lowest BCUT2D eigenvalue weighted by Crippen LogP contribution is -2.32. The number of amides is 1. The predicted molar refractivity (Wildman–Crippen MR) is 87.8 cm³/mol.